The average Bonchev–Trinajstić information content (AvgIpc) is 3.66. The molecule has 0 aliphatic carbocycles. The zero-order valence-electron chi connectivity index (χ0n) is 30.3. The van der Waals surface area contributed by atoms with Crippen molar-refractivity contribution in [2.24, 2.45) is 0 Å². The van der Waals surface area contributed by atoms with E-state index in [0.717, 1.165) is 72.4 Å². The molecule has 0 saturated heterocycles. The van der Waals surface area contributed by atoms with Crippen molar-refractivity contribution in [2.75, 3.05) is 4.90 Å². The first-order chi connectivity index (χ1) is 27.7. The monoisotopic (exact) mass is 718 g/mol. The van der Waals surface area contributed by atoms with Gasteiger partial charge < -0.3 is 9.32 Å². The minimum atomic E-state index is 0.626. The molecule has 264 valence electrons. The van der Waals surface area contributed by atoms with Gasteiger partial charge in [-0.25, -0.2) is 15.0 Å². The number of hydrogen-bond donors (Lipinski definition) is 0. The molecule has 0 radical (unpaired) electrons. The van der Waals surface area contributed by atoms with Crippen LogP contribution in [0.25, 0.3) is 78.4 Å². The predicted molar refractivity (Wildman–Crippen MR) is 229 cm³/mol. The first-order valence-electron chi connectivity index (χ1n) is 18.7. The minimum Gasteiger partial charge on any atom is -0.456 e. The van der Waals surface area contributed by atoms with Crippen LogP contribution in [0.1, 0.15) is 0 Å². The molecule has 0 spiro atoms. The summed E-state index contributed by atoms with van der Waals surface area (Å²) in [6.07, 6.45) is 0. The highest BCUT2D eigenvalue weighted by atomic mass is 16.3. The van der Waals surface area contributed by atoms with Crippen LogP contribution in [-0.2, 0) is 0 Å². The van der Waals surface area contributed by atoms with Crippen molar-refractivity contribution in [3.63, 3.8) is 0 Å². The molecule has 10 aromatic rings. The maximum Gasteiger partial charge on any atom is 0.164 e. The van der Waals surface area contributed by atoms with E-state index in [4.69, 9.17) is 19.4 Å². The van der Waals surface area contributed by atoms with E-state index in [1.54, 1.807) is 0 Å². The molecule has 5 nitrogen and oxygen atoms in total. The van der Waals surface area contributed by atoms with Crippen molar-refractivity contribution in [3.8, 4) is 56.4 Å². The van der Waals surface area contributed by atoms with E-state index in [-0.39, 0.29) is 0 Å². The average molecular weight is 719 g/mol. The van der Waals surface area contributed by atoms with Gasteiger partial charge in [0.05, 0.1) is 0 Å². The molecule has 0 aliphatic heterocycles. The van der Waals surface area contributed by atoms with Crippen molar-refractivity contribution in [2.45, 2.75) is 0 Å². The zero-order chi connectivity index (χ0) is 37.3. The molecule has 10 rings (SSSR count). The summed E-state index contributed by atoms with van der Waals surface area (Å²) >= 11 is 0. The fraction of sp³-hybridized carbons (Fsp3) is 0. The van der Waals surface area contributed by atoms with Crippen molar-refractivity contribution in [1.82, 2.24) is 15.0 Å². The summed E-state index contributed by atoms with van der Waals surface area (Å²) in [5.41, 5.74) is 12.1. The lowest BCUT2D eigenvalue weighted by atomic mass is 9.98. The van der Waals surface area contributed by atoms with Crippen molar-refractivity contribution < 1.29 is 4.42 Å². The zero-order valence-corrected chi connectivity index (χ0v) is 30.3. The fourth-order valence-electron chi connectivity index (χ4n) is 7.41. The van der Waals surface area contributed by atoms with Gasteiger partial charge in [0.25, 0.3) is 0 Å². The Balaban J connectivity index is 1.03. The van der Waals surface area contributed by atoms with E-state index in [1.165, 1.54) is 5.56 Å². The van der Waals surface area contributed by atoms with Gasteiger partial charge in [-0.15, -0.1) is 0 Å². The van der Waals surface area contributed by atoms with E-state index >= 15 is 0 Å². The molecule has 8 aromatic carbocycles. The number of rotatable bonds is 8. The van der Waals surface area contributed by atoms with Crippen LogP contribution in [0.4, 0.5) is 17.1 Å². The minimum absolute atomic E-state index is 0.626. The third-order valence-corrected chi connectivity index (χ3v) is 10.1. The molecule has 5 heteroatoms. The second-order valence-corrected chi connectivity index (χ2v) is 13.7. The van der Waals surface area contributed by atoms with Gasteiger partial charge in [0, 0.05) is 50.6 Å². The molecule has 2 aromatic heterocycles. The lowest BCUT2D eigenvalue weighted by Crippen LogP contribution is -2.09. The van der Waals surface area contributed by atoms with Crippen LogP contribution in [0.2, 0.25) is 0 Å². The van der Waals surface area contributed by atoms with Crippen LogP contribution < -0.4 is 4.90 Å². The summed E-state index contributed by atoms with van der Waals surface area (Å²) in [6.45, 7) is 0. The summed E-state index contributed by atoms with van der Waals surface area (Å²) < 4.78 is 6.62. The topological polar surface area (TPSA) is 55.1 Å². The van der Waals surface area contributed by atoms with Crippen molar-refractivity contribution in [1.29, 1.82) is 0 Å². The van der Waals surface area contributed by atoms with Crippen LogP contribution in [0.5, 0.6) is 0 Å². The molecule has 0 unspecified atom stereocenters. The van der Waals surface area contributed by atoms with Crippen LogP contribution in [-0.4, -0.2) is 15.0 Å². The molecular weight excluding hydrogens is 685 g/mol. The molecule has 0 aliphatic rings. The SMILES string of the molecule is c1ccc(-c2cccc(N(c3ccccc3)c3ccc4c(c3)oc3cccc(-c5ccc(-c6nc(-c7ccccc7)nc(-c7ccccc7)n6)cc5)c34)c2)cc1. The van der Waals surface area contributed by atoms with Crippen molar-refractivity contribution in [3.05, 3.63) is 206 Å². The Morgan fingerprint density at radius 2 is 0.804 bits per heavy atom. The molecule has 2 heterocycles. The first kappa shape index (κ1) is 33.0. The number of fused-ring (bicyclic) bond motifs is 3. The Bertz CT molecular complexity index is 2890. The van der Waals surface area contributed by atoms with E-state index in [0.29, 0.717) is 17.5 Å². The number of nitrogens with zero attached hydrogens (tertiary/aromatic N) is 4. The van der Waals surface area contributed by atoms with Gasteiger partial charge in [0.15, 0.2) is 17.5 Å². The standard InChI is InChI=1S/C51H34N4O/c1-5-15-35(16-6-1)40-21-13-24-42(33-40)55(41-22-11-4-12-23-41)43-31-32-45-47(34-43)56-46-26-14-25-44(48(45)46)36-27-29-39(30-28-36)51-53-49(37-17-7-2-8-18-37)52-50(54-51)38-19-9-3-10-20-38/h1-34H. The maximum atomic E-state index is 6.62. The Morgan fingerprint density at radius 3 is 1.43 bits per heavy atom. The van der Waals surface area contributed by atoms with Crippen LogP contribution >= 0.6 is 0 Å². The fourth-order valence-corrected chi connectivity index (χ4v) is 7.41. The van der Waals surface area contributed by atoms with Gasteiger partial charge in [0.2, 0.25) is 0 Å². The number of aromatic nitrogens is 3. The number of hydrogen-bond acceptors (Lipinski definition) is 5. The number of para-hydroxylation sites is 1. The van der Waals surface area contributed by atoms with E-state index in [2.05, 4.69) is 132 Å². The summed E-state index contributed by atoms with van der Waals surface area (Å²) in [5.74, 6) is 1.91. The summed E-state index contributed by atoms with van der Waals surface area (Å²) in [4.78, 5) is 17.0. The summed E-state index contributed by atoms with van der Waals surface area (Å²) in [5, 5.41) is 2.14. The molecular formula is C51H34N4O. The first-order valence-corrected chi connectivity index (χ1v) is 18.7. The Hall–Kier alpha value is -7.63. The van der Waals surface area contributed by atoms with Gasteiger partial charge in [-0.1, -0.05) is 158 Å². The quantitative estimate of drug-likeness (QED) is 0.157. The molecule has 0 bridgehead atoms. The molecule has 56 heavy (non-hydrogen) atoms. The largest absolute Gasteiger partial charge is 0.456 e. The van der Waals surface area contributed by atoms with Crippen LogP contribution in [0, 0.1) is 0 Å². The van der Waals surface area contributed by atoms with Gasteiger partial charge in [0.1, 0.15) is 11.2 Å². The third-order valence-electron chi connectivity index (χ3n) is 10.1. The van der Waals surface area contributed by atoms with Gasteiger partial charge in [-0.05, 0) is 64.7 Å². The highest BCUT2D eigenvalue weighted by Gasteiger charge is 2.18. The predicted octanol–water partition coefficient (Wildman–Crippen LogP) is 13.6. The van der Waals surface area contributed by atoms with E-state index < -0.39 is 0 Å². The highest BCUT2D eigenvalue weighted by molar-refractivity contribution is 6.13. The molecule has 0 fully saturated rings. The Morgan fingerprint density at radius 1 is 0.321 bits per heavy atom. The van der Waals surface area contributed by atoms with Gasteiger partial charge in [-0.3, -0.25) is 0 Å². The van der Waals surface area contributed by atoms with E-state index in [9.17, 15) is 0 Å². The Labute approximate surface area is 324 Å². The van der Waals surface area contributed by atoms with E-state index in [1.807, 2.05) is 78.9 Å². The molecule has 0 saturated carbocycles. The lowest BCUT2D eigenvalue weighted by Gasteiger charge is -2.26. The molecule has 0 N–H and O–H groups in total. The second kappa shape index (κ2) is 14.3. The third kappa shape index (κ3) is 6.27. The van der Waals surface area contributed by atoms with Crippen molar-refractivity contribution >= 4 is 39.0 Å². The Kier molecular flexibility index (Phi) is 8.43. The van der Waals surface area contributed by atoms with Crippen LogP contribution in [0.15, 0.2) is 211 Å². The van der Waals surface area contributed by atoms with Gasteiger partial charge >= 0.3 is 0 Å². The lowest BCUT2D eigenvalue weighted by molar-refractivity contribution is 0.669. The maximum absolute atomic E-state index is 6.62. The number of anilines is 3. The van der Waals surface area contributed by atoms with Crippen LogP contribution in [0.3, 0.4) is 0 Å². The molecule has 0 atom stereocenters. The van der Waals surface area contributed by atoms with Gasteiger partial charge in [-0.2, -0.15) is 0 Å². The molecule has 0 amide bonds. The number of furan rings is 1. The smallest absolute Gasteiger partial charge is 0.164 e. The normalized spacial score (nSPS) is 11.2. The number of benzene rings is 8. The summed E-state index contributed by atoms with van der Waals surface area (Å²) in [7, 11) is 0. The second-order valence-electron chi connectivity index (χ2n) is 13.7. The highest BCUT2D eigenvalue weighted by Crippen LogP contribution is 2.42. The summed E-state index contributed by atoms with van der Waals surface area (Å²) in [6, 6.07) is 71.0.